The molecule has 0 aliphatic heterocycles. The minimum atomic E-state index is 0.111. The molecule has 0 unspecified atom stereocenters. The molecule has 100 valence electrons. The lowest BCUT2D eigenvalue weighted by Crippen LogP contribution is -2.15. The molecule has 0 radical (unpaired) electrons. The molecule has 2 aromatic rings. The van der Waals surface area contributed by atoms with Crippen molar-refractivity contribution < 1.29 is 4.74 Å². The van der Waals surface area contributed by atoms with E-state index in [1.807, 2.05) is 21.0 Å². The van der Waals surface area contributed by atoms with E-state index in [4.69, 9.17) is 22.1 Å². The van der Waals surface area contributed by atoms with Crippen molar-refractivity contribution in [3.63, 3.8) is 0 Å². The number of aryl methyl sites for hydroxylation is 1. The molecule has 7 heteroatoms. The largest absolute Gasteiger partial charge is 0.424 e. The van der Waals surface area contributed by atoms with Crippen LogP contribution >= 0.6 is 11.6 Å². The molecule has 19 heavy (non-hydrogen) atoms. The first kappa shape index (κ1) is 13.4. The van der Waals surface area contributed by atoms with Gasteiger partial charge in [-0.05, 0) is 30.7 Å². The van der Waals surface area contributed by atoms with Crippen LogP contribution in [0.4, 0.5) is 11.9 Å². The van der Waals surface area contributed by atoms with Crippen molar-refractivity contribution in [1.29, 1.82) is 0 Å². The lowest BCUT2D eigenvalue weighted by Gasteiger charge is -2.11. The van der Waals surface area contributed by atoms with Crippen molar-refractivity contribution in [3.8, 4) is 11.8 Å². The van der Waals surface area contributed by atoms with Gasteiger partial charge in [0.2, 0.25) is 11.9 Å². The van der Waals surface area contributed by atoms with Crippen LogP contribution in [0.1, 0.15) is 5.56 Å². The second-order valence-corrected chi connectivity index (χ2v) is 4.59. The second-order valence-electron chi connectivity index (χ2n) is 4.18. The lowest BCUT2D eigenvalue weighted by atomic mass is 10.2. The zero-order valence-corrected chi connectivity index (χ0v) is 11.6. The van der Waals surface area contributed by atoms with Gasteiger partial charge in [-0.3, -0.25) is 0 Å². The summed E-state index contributed by atoms with van der Waals surface area (Å²) in [5, 5.41) is 0.677. The number of nitrogens with zero attached hydrogens (tertiary/aromatic N) is 4. The Labute approximate surface area is 116 Å². The van der Waals surface area contributed by atoms with Gasteiger partial charge in [-0.25, -0.2) is 0 Å². The number of hydrogen-bond acceptors (Lipinski definition) is 6. The molecule has 1 aromatic carbocycles. The minimum Gasteiger partial charge on any atom is -0.424 e. The smallest absolute Gasteiger partial charge is 0.328 e. The van der Waals surface area contributed by atoms with Gasteiger partial charge in [-0.1, -0.05) is 11.6 Å². The summed E-state index contributed by atoms with van der Waals surface area (Å²) in [7, 11) is 3.62. The van der Waals surface area contributed by atoms with E-state index in [1.54, 1.807) is 23.1 Å². The number of anilines is 2. The van der Waals surface area contributed by atoms with Gasteiger partial charge in [0.15, 0.2) is 0 Å². The summed E-state index contributed by atoms with van der Waals surface area (Å²) >= 11 is 5.95. The third kappa shape index (κ3) is 3.23. The Morgan fingerprint density at radius 1 is 1.21 bits per heavy atom. The fourth-order valence-electron chi connectivity index (χ4n) is 1.39. The minimum absolute atomic E-state index is 0.111. The number of nitrogens with two attached hydrogens (primary N) is 1. The molecule has 0 amide bonds. The summed E-state index contributed by atoms with van der Waals surface area (Å²) < 4.78 is 5.56. The van der Waals surface area contributed by atoms with Gasteiger partial charge in [0.25, 0.3) is 0 Å². The van der Waals surface area contributed by atoms with Crippen LogP contribution in [0, 0.1) is 6.92 Å². The van der Waals surface area contributed by atoms with Crippen molar-refractivity contribution in [2.45, 2.75) is 6.92 Å². The highest BCUT2D eigenvalue weighted by molar-refractivity contribution is 6.31. The predicted molar refractivity (Wildman–Crippen MR) is 74.8 cm³/mol. The molecule has 1 heterocycles. The number of halogens is 1. The number of ether oxygens (including phenoxy) is 1. The van der Waals surface area contributed by atoms with E-state index < -0.39 is 0 Å². The Kier molecular flexibility index (Phi) is 3.71. The summed E-state index contributed by atoms with van der Waals surface area (Å²) in [6.07, 6.45) is 0. The Bertz CT molecular complexity index is 603. The highest BCUT2D eigenvalue weighted by Crippen LogP contribution is 2.24. The molecule has 6 nitrogen and oxygen atoms in total. The van der Waals surface area contributed by atoms with E-state index in [1.165, 1.54) is 0 Å². The average molecular weight is 280 g/mol. The topological polar surface area (TPSA) is 77.2 Å². The quantitative estimate of drug-likeness (QED) is 0.929. The second kappa shape index (κ2) is 5.27. The summed E-state index contributed by atoms with van der Waals surface area (Å²) in [5.41, 5.74) is 6.53. The molecule has 0 spiro atoms. The third-order valence-corrected chi connectivity index (χ3v) is 2.78. The van der Waals surface area contributed by atoms with Gasteiger partial charge in [0.1, 0.15) is 5.75 Å². The molecule has 2 rings (SSSR count). The Balaban J connectivity index is 2.29. The highest BCUT2D eigenvalue weighted by atomic mass is 35.5. The Morgan fingerprint density at radius 2 is 1.95 bits per heavy atom. The standard InChI is InChI=1S/C12H14ClN5O/c1-7-6-8(4-5-9(7)13)19-12-16-10(14)15-11(17-12)18(2)3/h4-6H,1-3H3,(H2,14,15,16,17). The first-order chi connectivity index (χ1) is 8.95. The predicted octanol–water partition coefficient (Wildman–Crippen LogP) is 2.27. The lowest BCUT2D eigenvalue weighted by molar-refractivity contribution is 0.440. The van der Waals surface area contributed by atoms with E-state index in [0.717, 1.165) is 5.56 Å². The maximum atomic E-state index is 5.95. The zero-order valence-electron chi connectivity index (χ0n) is 10.9. The van der Waals surface area contributed by atoms with E-state index in [9.17, 15) is 0 Å². The number of nitrogen functional groups attached to an aromatic ring is 1. The van der Waals surface area contributed by atoms with Crippen LogP contribution in [-0.2, 0) is 0 Å². The monoisotopic (exact) mass is 279 g/mol. The molecule has 0 aliphatic rings. The molecule has 0 aliphatic carbocycles. The molecule has 0 saturated heterocycles. The Hall–Kier alpha value is -2.08. The van der Waals surface area contributed by atoms with Crippen molar-refractivity contribution in [2.75, 3.05) is 24.7 Å². The molecule has 0 bridgehead atoms. The molecular weight excluding hydrogens is 266 g/mol. The summed E-state index contributed by atoms with van der Waals surface area (Å²) in [5.74, 6) is 1.14. The third-order valence-electron chi connectivity index (χ3n) is 2.36. The van der Waals surface area contributed by atoms with Crippen molar-refractivity contribution >= 4 is 23.5 Å². The zero-order chi connectivity index (χ0) is 14.0. The highest BCUT2D eigenvalue weighted by Gasteiger charge is 2.08. The van der Waals surface area contributed by atoms with E-state index >= 15 is 0 Å². The van der Waals surface area contributed by atoms with E-state index in [-0.39, 0.29) is 12.0 Å². The summed E-state index contributed by atoms with van der Waals surface area (Å²) in [6.45, 7) is 1.89. The molecular formula is C12H14ClN5O. The first-order valence-electron chi connectivity index (χ1n) is 5.58. The summed E-state index contributed by atoms with van der Waals surface area (Å²) in [6, 6.07) is 5.45. The fourth-order valence-corrected chi connectivity index (χ4v) is 1.51. The molecule has 0 atom stereocenters. The van der Waals surface area contributed by atoms with Crippen LogP contribution < -0.4 is 15.4 Å². The van der Waals surface area contributed by atoms with Crippen LogP contribution in [0.2, 0.25) is 5.02 Å². The first-order valence-corrected chi connectivity index (χ1v) is 5.96. The Morgan fingerprint density at radius 3 is 2.58 bits per heavy atom. The van der Waals surface area contributed by atoms with E-state index in [2.05, 4.69) is 15.0 Å². The molecule has 0 saturated carbocycles. The van der Waals surface area contributed by atoms with Gasteiger partial charge in [-0.2, -0.15) is 15.0 Å². The average Bonchev–Trinajstić information content (AvgIpc) is 2.33. The molecule has 2 N–H and O–H groups in total. The van der Waals surface area contributed by atoms with Crippen molar-refractivity contribution in [2.24, 2.45) is 0 Å². The van der Waals surface area contributed by atoms with Gasteiger partial charge in [0.05, 0.1) is 0 Å². The van der Waals surface area contributed by atoms with Crippen LogP contribution in [0.5, 0.6) is 11.8 Å². The van der Waals surface area contributed by atoms with Crippen LogP contribution in [0.25, 0.3) is 0 Å². The fraction of sp³-hybridized carbons (Fsp3) is 0.250. The maximum Gasteiger partial charge on any atom is 0.328 e. The van der Waals surface area contributed by atoms with Gasteiger partial charge < -0.3 is 15.4 Å². The van der Waals surface area contributed by atoms with Crippen LogP contribution in [-0.4, -0.2) is 29.0 Å². The number of hydrogen-bond donors (Lipinski definition) is 1. The van der Waals surface area contributed by atoms with Crippen LogP contribution in [0.3, 0.4) is 0 Å². The van der Waals surface area contributed by atoms with Gasteiger partial charge in [0, 0.05) is 19.1 Å². The van der Waals surface area contributed by atoms with E-state index in [0.29, 0.717) is 16.7 Å². The van der Waals surface area contributed by atoms with Gasteiger partial charge in [-0.15, -0.1) is 0 Å². The van der Waals surface area contributed by atoms with Gasteiger partial charge >= 0.3 is 6.01 Å². The number of benzene rings is 1. The normalized spacial score (nSPS) is 10.3. The molecule has 0 fully saturated rings. The molecule has 1 aromatic heterocycles. The number of aromatic nitrogens is 3. The van der Waals surface area contributed by atoms with Crippen LogP contribution in [0.15, 0.2) is 18.2 Å². The summed E-state index contributed by atoms with van der Waals surface area (Å²) in [4.78, 5) is 13.8. The van der Waals surface area contributed by atoms with Crippen molar-refractivity contribution in [1.82, 2.24) is 15.0 Å². The van der Waals surface area contributed by atoms with Crippen molar-refractivity contribution in [3.05, 3.63) is 28.8 Å². The number of rotatable bonds is 3. The SMILES string of the molecule is Cc1cc(Oc2nc(N)nc(N(C)C)n2)ccc1Cl. The maximum absolute atomic E-state index is 5.95.